The number of nitrogens with zero attached hydrogens (tertiary/aromatic N) is 2. The van der Waals surface area contributed by atoms with Gasteiger partial charge in [-0.2, -0.15) is 0 Å². The van der Waals surface area contributed by atoms with E-state index in [9.17, 15) is 19.5 Å². The molecule has 1 N–H and O–H groups in total. The summed E-state index contributed by atoms with van der Waals surface area (Å²) < 4.78 is 5.16. The van der Waals surface area contributed by atoms with Crippen molar-refractivity contribution in [2.75, 3.05) is 31.7 Å². The maximum atomic E-state index is 14.0. The van der Waals surface area contributed by atoms with Gasteiger partial charge >= 0.3 is 0 Å². The number of para-hydroxylation sites is 1. The number of aliphatic hydroxyl groups is 1. The lowest BCUT2D eigenvalue weighted by Crippen LogP contribution is -2.52. The molecule has 164 valence electrons. The Morgan fingerprint density at radius 1 is 1.12 bits per heavy atom. The number of hydrogen-bond acceptors (Lipinski definition) is 5. The van der Waals surface area contributed by atoms with Crippen molar-refractivity contribution >= 4 is 29.0 Å². The molecule has 32 heavy (non-hydrogen) atoms. The van der Waals surface area contributed by atoms with E-state index in [1.165, 1.54) is 16.9 Å². The van der Waals surface area contributed by atoms with Crippen molar-refractivity contribution < 1.29 is 24.2 Å². The van der Waals surface area contributed by atoms with Crippen molar-refractivity contribution in [2.24, 2.45) is 0 Å². The molecule has 0 aliphatic carbocycles. The summed E-state index contributed by atoms with van der Waals surface area (Å²) in [6, 6.07) is 13.9. The lowest BCUT2D eigenvalue weighted by atomic mass is 9.82. The highest BCUT2D eigenvalue weighted by atomic mass is 16.5. The summed E-state index contributed by atoms with van der Waals surface area (Å²) in [5, 5.41) is 11.3. The van der Waals surface area contributed by atoms with Crippen LogP contribution < -0.4 is 4.90 Å². The van der Waals surface area contributed by atoms with Gasteiger partial charge in [-0.15, -0.1) is 6.58 Å². The van der Waals surface area contributed by atoms with Crippen LogP contribution in [0.2, 0.25) is 0 Å². The van der Waals surface area contributed by atoms with Gasteiger partial charge in [-0.3, -0.25) is 14.4 Å². The Morgan fingerprint density at radius 2 is 1.81 bits per heavy atom. The van der Waals surface area contributed by atoms with Crippen LogP contribution in [0.1, 0.15) is 16.7 Å². The third-order valence-corrected chi connectivity index (χ3v) is 5.96. The molecule has 1 spiro atoms. The minimum absolute atomic E-state index is 0.00769. The van der Waals surface area contributed by atoms with Crippen molar-refractivity contribution in [3.8, 4) is 0 Å². The van der Waals surface area contributed by atoms with Gasteiger partial charge in [0.25, 0.3) is 17.6 Å². The second-order valence-corrected chi connectivity index (χ2v) is 7.80. The fourth-order valence-electron chi connectivity index (χ4n) is 4.52. The fourth-order valence-corrected chi connectivity index (χ4v) is 4.52. The largest absolute Gasteiger partial charge is 0.507 e. The zero-order valence-corrected chi connectivity index (χ0v) is 18.0. The van der Waals surface area contributed by atoms with E-state index in [1.807, 2.05) is 6.92 Å². The van der Waals surface area contributed by atoms with E-state index in [-0.39, 0.29) is 31.0 Å². The number of anilines is 1. The molecule has 7 heteroatoms. The number of fused-ring (bicyclic) bond motifs is 2. The number of benzene rings is 2. The normalized spacial score (nSPS) is 21.5. The van der Waals surface area contributed by atoms with Gasteiger partial charge in [0.15, 0.2) is 5.54 Å². The average molecular weight is 432 g/mol. The Morgan fingerprint density at radius 3 is 2.47 bits per heavy atom. The van der Waals surface area contributed by atoms with E-state index < -0.39 is 23.1 Å². The molecule has 7 nitrogen and oxygen atoms in total. The number of hydrogen-bond donors (Lipinski definition) is 1. The Kier molecular flexibility index (Phi) is 5.44. The molecule has 4 rings (SSSR count). The standard InChI is InChI=1S/C25H24N2O5/c1-4-13-26-19-8-6-5-7-18(19)25(24(26)31)20(21(28)17-11-9-16(2)10-12-17)22(29)23(30)27(25)14-15-32-3/h4-12,28H,1,13-15H2,2-3H3/t25-/m0/s1. The first-order valence-corrected chi connectivity index (χ1v) is 10.3. The van der Waals surface area contributed by atoms with Crippen LogP contribution in [0.25, 0.3) is 5.76 Å². The zero-order valence-electron chi connectivity index (χ0n) is 18.0. The third-order valence-electron chi connectivity index (χ3n) is 5.96. The van der Waals surface area contributed by atoms with E-state index in [1.54, 1.807) is 54.6 Å². The van der Waals surface area contributed by atoms with Gasteiger partial charge < -0.3 is 19.6 Å². The molecule has 2 aliphatic rings. The van der Waals surface area contributed by atoms with Crippen LogP contribution in [0.15, 0.2) is 66.8 Å². The Labute approximate surface area is 186 Å². The smallest absolute Gasteiger partial charge is 0.296 e. The minimum Gasteiger partial charge on any atom is -0.507 e. The molecule has 1 saturated heterocycles. The molecule has 2 aromatic rings. The van der Waals surface area contributed by atoms with Gasteiger partial charge in [-0.05, 0) is 13.0 Å². The van der Waals surface area contributed by atoms with Gasteiger partial charge in [0.1, 0.15) is 5.76 Å². The number of amides is 2. The molecule has 2 aliphatic heterocycles. The van der Waals surface area contributed by atoms with Gasteiger partial charge in [-0.1, -0.05) is 54.1 Å². The lowest BCUT2D eigenvalue weighted by molar-refractivity contribution is -0.144. The predicted octanol–water partition coefficient (Wildman–Crippen LogP) is 2.75. The number of aryl methyl sites for hydroxylation is 1. The van der Waals surface area contributed by atoms with Gasteiger partial charge in [0.2, 0.25) is 0 Å². The summed E-state index contributed by atoms with van der Waals surface area (Å²) >= 11 is 0. The van der Waals surface area contributed by atoms with E-state index in [4.69, 9.17) is 4.74 Å². The van der Waals surface area contributed by atoms with E-state index >= 15 is 0 Å². The van der Waals surface area contributed by atoms with Crippen LogP contribution in [0, 0.1) is 6.92 Å². The van der Waals surface area contributed by atoms with Crippen LogP contribution >= 0.6 is 0 Å². The van der Waals surface area contributed by atoms with Crippen molar-refractivity contribution in [3.05, 3.63) is 83.4 Å². The summed E-state index contributed by atoms with van der Waals surface area (Å²) in [6.45, 7) is 5.95. The number of Topliss-reactive ketones (excluding diaryl/α,β-unsaturated/α-hetero) is 1. The second-order valence-electron chi connectivity index (χ2n) is 7.80. The van der Waals surface area contributed by atoms with Crippen LogP contribution in [0.5, 0.6) is 0 Å². The number of likely N-dealkylation sites (tertiary alicyclic amines) is 1. The summed E-state index contributed by atoms with van der Waals surface area (Å²) in [5.74, 6) is -2.61. The SMILES string of the molecule is C=CCN1C(=O)[C@@]2(C(=C(O)c3ccc(C)cc3)C(=O)C(=O)N2CCOC)c2ccccc21. The van der Waals surface area contributed by atoms with E-state index in [0.717, 1.165) is 5.56 Å². The number of ketones is 1. The Hall–Kier alpha value is -3.71. The fraction of sp³-hybridized carbons (Fsp3) is 0.240. The zero-order chi connectivity index (χ0) is 23.0. The summed E-state index contributed by atoms with van der Waals surface area (Å²) in [6.07, 6.45) is 1.58. The highest BCUT2D eigenvalue weighted by Crippen LogP contribution is 2.53. The number of rotatable bonds is 6. The topological polar surface area (TPSA) is 87.2 Å². The summed E-state index contributed by atoms with van der Waals surface area (Å²) in [4.78, 5) is 43.2. The molecular weight excluding hydrogens is 408 g/mol. The number of aliphatic hydroxyl groups excluding tert-OH is 1. The predicted molar refractivity (Wildman–Crippen MR) is 120 cm³/mol. The van der Waals surface area contributed by atoms with Crippen molar-refractivity contribution in [1.29, 1.82) is 0 Å². The first-order valence-electron chi connectivity index (χ1n) is 10.3. The molecule has 2 heterocycles. The molecule has 2 amide bonds. The molecule has 0 aromatic heterocycles. The molecule has 0 radical (unpaired) electrons. The maximum absolute atomic E-state index is 14.0. The van der Waals surface area contributed by atoms with Crippen molar-refractivity contribution in [2.45, 2.75) is 12.5 Å². The van der Waals surface area contributed by atoms with Crippen molar-refractivity contribution in [1.82, 2.24) is 4.90 Å². The van der Waals surface area contributed by atoms with E-state index in [0.29, 0.717) is 16.8 Å². The highest BCUT2D eigenvalue weighted by molar-refractivity contribution is 6.50. The first-order chi connectivity index (χ1) is 15.4. The number of ether oxygens (including phenoxy) is 1. The number of carbonyl (C=O) groups is 3. The molecule has 1 atom stereocenters. The molecule has 1 fully saturated rings. The molecule has 0 bridgehead atoms. The maximum Gasteiger partial charge on any atom is 0.296 e. The lowest BCUT2D eigenvalue weighted by Gasteiger charge is -2.34. The Bertz CT molecular complexity index is 1150. The molecule has 2 aromatic carbocycles. The number of carbonyl (C=O) groups excluding carboxylic acids is 3. The number of methoxy groups -OCH3 is 1. The van der Waals surface area contributed by atoms with Gasteiger partial charge in [0.05, 0.1) is 17.9 Å². The first kappa shape index (κ1) is 21.5. The van der Waals surface area contributed by atoms with E-state index in [2.05, 4.69) is 6.58 Å². The second kappa shape index (κ2) is 8.09. The van der Waals surface area contributed by atoms with Crippen LogP contribution in [-0.2, 0) is 24.7 Å². The summed E-state index contributed by atoms with van der Waals surface area (Å²) in [7, 11) is 1.48. The monoisotopic (exact) mass is 432 g/mol. The van der Waals surface area contributed by atoms with Crippen LogP contribution in [0.3, 0.4) is 0 Å². The Balaban J connectivity index is 2.06. The quantitative estimate of drug-likeness (QED) is 0.328. The minimum atomic E-state index is -1.78. The van der Waals surface area contributed by atoms with Gasteiger partial charge in [-0.25, -0.2) is 0 Å². The molecule has 0 unspecified atom stereocenters. The van der Waals surface area contributed by atoms with Crippen molar-refractivity contribution in [3.63, 3.8) is 0 Å². The molecular formula is C25H24N2O5. The highest BCUT2D eigenvalue weighted by Gasteiger charge is 2.66. The molecule has 0 saturated carbocycles. The summed E-state index contributed by atoms with van der Waals surface area (Å²) in [5.41, 5.74) is 0.351. The third kappa shape index (κ3) is 2.89. The van der Waals surface area contributed by atoms with Crippen LogP contribution in [0.4, 0.5) is 5.69 Å². The van der Waals surface area contributed by atoms with Crippen LogP contribution in [-0.4, -0.2) is 54.4 Å². The van der Waals surface area contributed by atoms with Gasteiger partial charge in [0, 0.05) is 31.3 Å². The average Bonchev–Trinajstić information content (AvgIpc) is 3.17.